The Bertz CT molecular complexity index is 516. The van der Waals surface area contributed by atoms with Gasteiger partial charge in [-0.2, -0.15) is 9.36 Å². The first-order chi connectivity index (χ1) is 10.1. The zero-order chi connectivity index (χ0) is 15.3. The van der Waals surface area contributed by atoms with Gasteiger partial charge in [-0.15, -0.1) is 0 Å². The topological polar surface area (TPSA) is 104 Å². The molecule has 0 aliphatic heterocycles. The van der Waals surface area contributed by atoms with Crippen molar-refractivity contribution in [1.29, 1.82) is 0 Å². The maximum atomic E-state index is 11.8. The lowest BCUT2D eigenvalue weighted by Crippen LogP contribution is -2.58. The molecule has 1 amide bonds. The zero-order valence-electron chi connectivity index (χ0n) is 11.7. The molecule has 0 aromatic carbocycles. The molecule has 1 heterocycles. The highest BCUT2D eigenvalue weighted by Gasteiger charge is 2.44. The second kappa shape index (κ2) is 7.19. The highest BCUT2D eigenvalue weighted by atomic mass is 32.2. The Balaban J connectivity index is 1.79. The van der Waals surface area contributed by atoms with Crippen molar-refractivity contribution < 1.29 is 14.7 Å². The molecule has 7 nitrogen and oxygen atoms in total. The van der Waals surface area contributed by atoms with Crippen molar-refractivity contribution in [3.63, 3.8) is 0 Å². The van der Waals surface area contributed by atoms with Crippen LogP contribution in [0.4, 0.5) is 5.13 Å². The third kappa shape index (κ3) is 4.14. The van der Waals surface area contributed by atoms with Gasteiger partial charge in [-0.1, -0.05) is 18.7 Å². The molecule has 0 saturated heterocycles. The van der Waals surface area contributed by atoms with E-state index in [1.807, 2.05) is 0 Å². The van der Waals surface area contributed by atoms with E-state index in [0.717, 1.165) is 30.1 Å². The van der Waals surface area contributed by atoms with Crippen molar-refractivity contribution in [1.82, 2.24) is 14.7 Å². The third-order valence-electron chi connectivity index (χ3n) is 3.29. The Hall–Kier alpha value is -1.19. The molecule has 1 aliphatic carbocycles. The number of carboxylic acid groups (broad SMARTS) is 1. The van der Waals surface area contributed by atoms with Gasteiger partial charge >= 0.3 is 5.97 Å². The van der Waals surface area contributed by atoms with Gasteiger partial charge in [0.25, 0.3) is 0 Å². The van der Waals surface area contributed by atoms with Crippen molar-refractivity contribution in [2.45, 2.75) is 43.3 Å². The molecule has 0 atom stereocenters. The summed E-state index contributed by atoms with van der Waals surface area (Å²) in [5, 5.41) is 15.7. The molecule has 21 heavy (non-hydrogen) atoms. The zero-order valence-corrected chi connectivity index (χ0v) is 13.4. The summed E-state index contributed by atoms with van der Waals surface area (Å²) in [6, 6.07) is 0. The molecular weight excluding hydrogens is 312 g/mol. The summed E-state index contributed by atoms with van der Waals surface area (Å²) >= 11 is 2.68. The van der Waals surface area contributed by atoms with E-state index < -0.39 is 11.5 Å². The average Bonchev–Trinajstić information content (AvgIpc) is 2.82. The van der Waals surface area contributed by atoms with Crippen molar-refractivity contribution in [3.8, 4) is 0 Å². The number of carbonyl (C=O) groups excluding carboxylic acids is 1. The van der Waals surface area contributed by atoms with Crippen LogP contribution in [-0.4, -0.2) is 44.2 Å². The van der Waals surface area contributed by atoms with E-state index in [2.05, 4.69) is 26.9 Å². The highest BCUT2D eigenvalue weighted by Crippen LogP contribution is 2.31. The Morgan fingerprint density at radius 1 is 1.48 bits per heavy atom. The third-order valence-corrected chi connectivity index (χ3v) is 5.09. The van der Waals surface area contributed by atoms with Crippen LogP contribution >= 0.6 is 23.3 Å². The lowest BCUT2D eigenvalue weighted by Gasteiger charge is -2.38. The van der Waals surface area contributed by atoms with Crippen molar-refractivity contribution in [2.75, 3.05) is 17.6 Å². The summed E-state index contributed by atoms with van der Waals surface area (Å²) in [6.45, 7) is 2.04. The molecule has 1 saturated carbocycles. The predicted molar refractivity (Wildman–Crippen MR) is 81.8 cm³/mol. The molecule has 0 radical (unpaired) electrons. The van der Waals surface area contributed by atoms with Crippen LogP contribution in [0.5, 0.6) is 0 Å². The quantitative estimate of drug-likeness (QED) is 0.622. The van der Waals surface area contributed by atoms with Gasteiger partial charge < -0.3 is 5.11 Å². The fourth-order valence-corrected chi connectivity index (χ4v) is 3.34. The van der Waals surface area contributed by atoms with Crippen LogP contribution in [0.2, 0.25) is 0 Å². The van der Waals surface area contributed by atoms with Crippen molar-refractivity contribution >= 4 is 40.3 Å². The molecule has 3 N–H and O–H groups in total. The van der Waals surface area contributed by atoms with E-state index in [-0.39, 0.29) is 12.5 Å². The molecule has 1 aromatic rings. The number of carboxylic acids is 1. The average molecular weight is 330 g/mol. The molecule has 0 spiro atoms. The maximum absolute atomic E-state index is 11.8. The number of carbonyl (C=O) groups is 2. The number of nitrogens with zero attached hydrogens (tertiary/aromatic N) is 2. The molecule has 1 aliphatic rings. The van der Waals surface area contributed by atoms with E-state index in [0.29, 0.717) is 23.1 Å². The van der Waals surface area contributed by atoms with E-state index in [4.69, 9.17) is 5.11 Å². The van der Waals surface area contributed by atoms with Gasteiger partial charge in [0.2, 0.25) is 16.2 Å². The molecule has 1 aromatic heterocycles. The SMILES string of the molecule is CCCSc1nsc(NC(=O)CNC2(C(=O)O)CCC2)n1. The van der Waals surface area contributed by atoms with Crippen LogP contribution in [0.3, 0.4) is 0 Å². The largest absolute Gasteiger partial charge is 0.480 e. The maximum Gasteiger partial charge on any atom is 0.323 e. The van der Waals surface area contributed by atoms with Crippen LogP contribution in [0.15, 0.2) is 5.16 Å². The van der Waals surface area contributed by atoms with Crippen LogP contribution in [0, 0.1) is 0 Å². The van der Waals surface area contributed by atoms with Gasteiger partial charge in [0.1, 0.15) is 5.54 Å². The molecule has 116 valence electrons. The van der Waals surface area contributed by atoms with Crippen molar-refractivity contribution in [2.24, 2.45) is 0 Å². The van der Waals surface area contributed by atoms with Crippen LogP contribution in [0.25, 0.3) is 0 Å². The Labute approximate surface area is 131 Å². The van der Waals surface area contributed by atoms with Gasteiger partial charge in [-0.3, -0.25) is 20.2 Å². The molecule has 1 fully saturated rings. The number of amides is 1. The van der Waals surface area contributed by atoms with Gasteiger partial charge in [-0.05, 0) is 25.7 Å². The summed E-state index contributed by atoms with van der Waals surface area (Å²) in [7, 11) is 0. The first-order valence-electron chi connectivity index (χ1n) is 6.80. The lowest BCUT2D eigenvalue weighted by molar-refractivity contribution is -0.148. The first-order valence-corrected chi connectivity index (χ1v) is 8.56. The van der Waals surface area contributed by atoms with E-state index in [1.54, 1.807) is 11.8 Å². The molecule has 9 heteroatoms. The molecular formula is C12H18N4O3S2. The number of rotatable bonds is 8. The van der Waals surface area contributed by atoms with Crippen LogP contribution in [-0.2, 0) is 9.59 Å². The normalized spacial score (nSPS) is 16.2. The van der Waals surface area contributed by atoms with E-state index >= 15 is 0 Å². The summed E-state index contributed by atoms with van der Waals surface area (Å²) in [6.07, 6.45) is 3.03. The standard InChI is InChI=1S/C12H18N4O3S2/c1-2-6-20-11-15-10(21-16-11)14-8(17)7-13-12(9(18)19)4-3-5-12/h13H,2-7H2,1H3,(H,18,19)(H,14,15,16,17). The monoisotopic (exact) mass is 330 g/mol. The van der Waals surface area contributed by atoms with Gasteiger partial charge in [0, 0.05) is 17.3 Å². The fourth-order valence-electron chi connectivity index (χ4n) is 1.92. The number of aromatic nitrogens is 2. The number of hydrogen-bond donors (Lipinski definition) is 3. The smallest absolute Gasteiger partial charge is 0.323 e. The lowest BCUT2D eigenvalue weighted by atomic mass is 9.77. The minimum absolute atomic E-state index is 0.0384. The molecule has 0 bridgehead atoms. The summed E-state index contributed by atoms with van der Waals surface area (Å²) in [5.74, 6) is -0.256. The Morgan fingerprint density at radius 3 is 2.81 bits per heavy atom. The van der Waals surface area contributed by atoms with E-state index in [1.165, 1.54) is 0 Å². The van der Waals surface area contributed by atoms with Gasteiger partial charge in [0.15, 0.2) is 0 Å². The van der Waals surface area contributed by atoms with Crippen LogP contribution in [0.1, 0.15) is 32.6 Å². The van der Waals surface area contributed by atoms with Gasteiger partial charge in [-0.25, -0.2) is 0 Å². The Morgan fingerprint density at radius 2 is 2.24 bits per heavy atom. The second-order valence-electron chi connectivity index (χ2n) is 4.87. The number of aliphatic carboxylic acids is 1. The highest BCUT2D eigenvalue weighted by molar-refractivity contribution is 7.99. The minimum Gasteiger partial charge on any atom is -0.480 e. The number of nitrogens with one attached hydrogen (secondary N) is 2. The van der Waals surface area contributed by atoms with E-state index in [9.17, 15) is 9.59 Å². The minimum atomic E-state index is -0.930. The summed E-state index contributed by atoms with van der Waals surface area (Å²) < 4.78 is 4.14. The molecule has 0 unspecified atom stereocenters. The Kier molecular flexibility index (Phi) is 5.54. The molecule has 2 rings (SSSR count). The summed E-state index contributed by atoms with van der Waals surface area (Å²) in [4.78, 5) is 27.2. The van der Waals surface area contributed by atoms with Crippen LogP contribution < -0.4 is 10.6 Å². The van der Waals surface area contributed by atoms with Gasteiger partial charge in [0.05, 0.1) is 6.54 Å². The predicted octanol–water partition coefficient (Wildman–Crippen LogP) is 1.58. The summed E-state index contributed by atoms with van der Waals surface area (Å²) in [5.41, 5.74) is -0.930. The second-order valence-corrected chi connectivity index (χ2v) is 6.69. The number of anilines is 1. The van der Waals surface area contributed by atoms with Crippen molar-refractivity contribution in [3.05, 3.63) is 0 Å². The number of thioether (sulfide) groups is 1. The number of hydrogen-bond acceptors (Lipinski definition) is 7. The fraction of sp³-hybridized carbons (Fsp3) is 0.667. The first kappa shape index (κ1) is 16.2.